The van der Waals surface area contributed by atoms with Gasteiger partial charge in [-0.15, -0.1) is 12.6 Å². The van der Waals surface area contributed by atoms with Gasteiger partial charge in [-0.25, -0.2) is 0 Å². The van der Waals surface area contributed by atoms with Crippen molar-refractivity contribution in [2.75, 3.05) is 6.54 Å². The van der Waals surface area contributed by atoms with Crippen molar-refractivity contribution in [1.82, 2.24) is 0 Å². The monoisotopic (exact) mass is 354 g/mol. The Bertz CT molecular complexity index is 102. The number of hydrogen-bond donors (Lipinski definition) is 1. The second-order valence-corrected chi connectivity index (χ2v) is 1.93. The van der Waals surface area contributed by atoms with Gasteiger partial charge in [0, 0.05) is 44.1 Å². The molecule has 1 saturated heterocycles. The van der Waals surface area contributed by atoms with Crippen molar-refractivity contribution in [3.8, 4) is 0 Å². The molecule has 1 aliphatic heterocycles. The normalized spacial score (nSPS) is 22.6. The molecule has 0 aromatic heterocycles. The van der Waals surface area contributed by atoms with Gasteiger partial charge in [0.2, 0.25) is 0 Å². The fourth-order valence-corrected chi connectivity index (χ4v) is 0.837. The van der Waals surface area contributed by atoms with Crippen molar-refractivity contribution in [2.45, 2.75) is 18.9 Å². The fourth-order valence-electron chi connectivity index (χ4n) is 0.837. The second-order valence-electron chi connectivity index (χ2n) is 1.93. The molecule has 3 nitrogen and oxygen atoms in total. The molecule has 0 amide bonds. The average molecular weight is 354 g/mol. The molecular weight excluding hydrogens is 343 g/mol. The largest absolute Gasteiger partial charge is 0.863 e. The van der Waals surface area contributed by atoms with Crippen LogP contribution in [0.25, 0.3) is 5.32 Å². The third-order valence-electron chi connectivity index (χ3n) is 1.29. The zero-order valence-electron chi connectivity index (χ0n) is 6.13. The van der Waals surface area contributed by atoms with Crippen LogP contribution in [0.1, 0.15) is 12.8 Å². The van der Waals surface area contributed by atoms with Crippen molar-refractivity contribution in [2.24, 2.45) is 0 Å². The van der Waals surface area contributed by atoms with E-state index in [2.05, 4.69) is 5.32 Å². The quantitative estimate of drug-likeness (QED) is 0.411. The Balaban J connectivity index is 0. The van der Waals surface area contributed by atoms with Crippen LogP contribution in [-0.4, -0.2) is 18.5 Å². The Morgan fingerprint density at radius 1 is 1.60 bits per heavy atom. The zero-order chi connectivity index (χ0) is 5.98. The summed E-state index contributed by atoms with van der Waals surface area (Å²) in [7, 11) is 0. The summed E-state index contributed by atoms with van der Waals surface area (Å²) in [6.07, 6.45) is 1.78. The Labute approximate surface area is 97.6 Å². The third kappa shape index (κ3) is 3.90. The summed E-state index contributed by atoms with van der Waals surface area (Å²) in [5.74, 6) is -0.525. The van der Waals surface area contributed by atoms with Crippen LogP contribution < -0.4 is 5.11 Å². The predicted octanol–water partition coefficient (Wildman–Crippen LogP) is 0.310. The first kappa shape index (κ1) is 13.5. The SMILES string of the molecule is N=C([O-])[C@@H]1CCC[N-]1.[Ac].[CH3-]. The summed E-state index contributed by atoms with van der Waals surface area (Å²) in [6.45, 7) is 0.773. The van der Waals surface area contributed by atoms with E-state index >= 15 is 0 Å². The van der Waals surface area contributed by atoms with Gasteiger partial charge in [0.05, 0.1) is 0 Å². The molecule has 1 rings (SSSR count). The van der Waals surface area contributed by atoms with Gasteiger partial charge in [0.15, 0.2) is 0 Å². The summed E-state index contributed by atoms with van der Waals surface area (Å²) in [5, 5.41) is 20.8. The molecule has 1 N–H and O–H groups in total. The maximum Gasteiger partial charge on any atom is 0 e. The van der Waals surface area contributed by atoms with E-state index in [1.807, 2.05) is 0 Å². The molecule has 4 heteroatoms. The molecule has 1 fully saturated rings. The van der Waals surface area contributed by atoms with E-state index in [-0.39, 0.29) is 57.5 Å². The molecule has 0 spiro atoms. The van der Waals surface area contributed by atoms with E-state index < -0.39 is 5.90 Å². The van der Waals surface area contributed by atoms with E-state index in [0.29, 0.717) is 0 Å². The minimum absolute atomic E-state index is 0. The van der Waals surface area contributed by atoms with Crippen molar-refractivity contribution in [1.29, 1.82) is 5.41 Å². The Morgan fingerprint density at radius 2 is 2.20 bits per heavy atom. The molecule has 1 atom stereocenters. The Kier molecular flexibility index (Phi) is 8.85. The Hall–Kier alpha value is 0.872. The van der Waals surface area contributed by atoms with Gasteiger partial charge in [-0.05, 0) is 0 Å². The summed E-state index contributed by atoms with van der Waals surface area (Å²) >= 11 is 0. The van der Waals surface area contributed by atoms with Crippen molar-refractivity contribution >= 4 is 5.90 Å². The summed E-state index contributed by atoms with van der Waals surface area (Å²) < 4.78 is 0. The van der Waals surface area contributed by atoms with E-state index in [1.165, 1.54) is 0 Å². The van der Waals surface area contributed by atoms with Gasteiger partial charge >= 0.3 is 0 Å². The van der Waals surface area contributed by atoms with Crippen LogP contribution in [0.4, 0.5) is 0 Å². The second kappa shape index (κ2) is 6.57. The summed E-state index contributed by atoms with van der Waals surface area (Å²) in [6, 6.07) is -0.282. The Morgan fingerprint density at radius 3 is 2.40 bits per heavy atom. The number of nitrogens with one attached hydrogen (secondary N) is 1. The number of nitrogens with zero attached hydrogens (tertiary/aromatic N) is 1. The first-order valence-electron chi connectivity index (χ1n) is 2.73. The average Bonchev–Trinajstić information content (AvgIpc) is 2.12. The smallest absolute Gasteiger partial charge is 0 e. The summed E-state index contributed by atoms with van der Waals surface area (Å²) in [4.78, 5) is 0. The first-order chi connectivity index (χ1) is 3.80. The van der Waals surface area contributed by atoms with Gasteiger partial charge in [-0.1, -0.05) is 18.7 Å². The van der Waals surface area contributed by atoms with Crippen LogP contribution in [0.15, 0.2) is 0 Å². The zero-order valence-corrected chi connectivity index (χ0v) is 10.9. The fraction of sp³-hybridized carbons (Fsp3) is 0.667. The molecule has 1 aliphatic rings. The minimum Gasteiger partial charge on any atom is -0.863 e. The van der Waals surface area contributed by atoms with E-state index in [9.17, 15) is 5.11 Å². The van der Waals surface area contributed by atoms with Crippen molar-refractivity contribution in [3.05, 3.63) is 12.7 Å². The standard InChI is InChI=1S/C5H9N2O.CH3.Ac/c6-5(8)4-2-1-3-7-4;;/h4H,1-3H2,(H2,6,8);1H3;/q2*-1;/p-1/t4-;;/m0../s1. The number of hydrogen-bond acceptors (Lipinski definition) is 2. The molecule has 0 saturated carbocycles. The molecular formula is C6H11AcN2O-3. The van der Waals surface area contributed by atoms with Crippen molar-refractivity contribution < 1.29 is 49.2 Å². The molecule has 0 aromatic carbocycles. The third-order valence-corrected chi connectivity index (χ3v) is 1.29. The molecule has 0 bridgehead atoms. The summed E-state index contributed by atoms with van der Waals surface area (Å²) in [5.41, 5.74) is 0. The van der Waals surface area contributed by atoms with Gasteiger partial charge in [0.25, 0.3) is 0 Å². The molecule has 1 radical (unpaired) electrons. The van der Waals surface area contributed by atoms with Gasteiger partial charge < -0.3 is 23.3 Å². The van der Waals surface area contributed by atoms with Crippen molar-refractivity contribution in [3.63, 3.8) is 0 Å². The van der Waals surface area contributed by atoms with Gasteiger partial charge in [0.1, 0.15) is 0 Å². The van der Waals surface area contributed by atoms with E-state index in [4.69, 9.17) is 5.41 Å². The first-order valence-corrected chi connectivity index (χ1v) is 2.73. The maximum atomic E-state index is 10.2. The van der Waals surface area contributed by atoms with Crippen LogP contribution in [-0.2, 0) is 0 Å². The van der Waals surface area contributed by atoms with Crippen LogP contribution in [0.3, 0.4) is 0 Å². The molecule has 0 unspecified atom stereocenters. The van der Waals surface area contributed by atoms with E-state index in [0.717, 1.165) is 19.4 Å². The minimum atomic E-state index is -0.525. The van der Waals surface area contributed by atoms with Crippen LogP contribution in [0.5, 0.6) is 0 Å². The topological polar surface area (TPSA) is 61.0 Å². The number of rotatable bonds is 1. The van der Waals surface area contributed by atoms with Crippen LogP contribution >= 0.6 is 0 Å². The van der Waals surface area contributed by atoms with Crippen LogP contribution in [0.2, 0.25) is 0 Å². The maximum absolute atomic E-state index is 10.2. The van der Waals surface area contributed by atoms with Gasteiger partial charge in [-0.3, -0.25) is 0 Å². The molecule has 1 heterocycles. The molecule has 10 heavy (non-hydrogen) atoms. The predicted molar refractivity (Wildman–Crippen MR) is 35.4 cm³/mol. The van der Waals surface area contributed by atoms with Crippen LogP contribution in [0, 0.1) is 56.9 Å². The molecule has 0 aromatic rings. The molecule has 0 aliphatic carbocycles. The van der Waals surface area contributed by atoms with E-state index in [1.54, 1.807) is 0 Å². The van der Waals surface area contributed by atoms with Gasteiger partial charge in [-0.2, -0.15) is 0 Å². The molecule has 57 valence electrons.